The fourth-order valence-electron chi connectivity index (χ4n) is 11.2. The molecule has 0 bridgehead atoms. The van der Waals surface area contributed by atoms with Crippen molar-refractivity contribution < 1.29 is 91.1 Å². The van der Waals surface area contributed by atoms with E-state index in [1.54, 1.807) is 115 Å². The van der Waals surface area contributed by atoms with Gasteiger partial charge in [0.05, 0.1) is 89.7 Å². The van der Waals surface area contributed by atoms with Crippen molar-refractivity contribution in [1.82, 2.24) is 9.80 Å². The summed E-state index contributed by atoms with van der Waals surface area (Å²) in [6.07, 6.45) is -23.0. The molecule has 24 heteroatoms. The number of halogens is 12. The number of likely N-dealkylation sites (tertiary alicyclic amines) is 2. The molecule has 12 nitrogen and oxygen atoms in total. The largest absolute Gasteiger partial charge is 0.445 e. The number of nitrogens with two attached hydrogens (primary N) is 2. The highest BCUT2D eigenvalue weighted by Gasteiger charge is 2.53. The van der Waals surface area contributed by atoms with Crippen molar-refractivity contribution in [3.63, 3.8) is 0 Å². The highest BCUT2D eigenvalue weighted by Crippen LogP contribution is 2.46. The third-order valence-electron chi connectivity index (χ3n) is 16.6. The molecule has 2 heterocycles. The summed E-state index contributed by atoms with van der Waals surface area (Å²) < 4.78 is 193. The van der Waals surface area contributed by atoms with Crippen LogP contribution in [0.15, 0.2) is 188 Å². The van der Waals surface area contributed by atoms with E-state index in [0.29, 0.717) is 54.0 Å². The predicted octanol–water partition coefficient (Wildman–Crippen LogP) is 15.9. The van der Waals surface area contributed by atoms with E-state index in [1.807, 2.05) is 36.4 Å². The molecule has 2 fully saturated rings. The number of amides is 2. The van der Waals surface area contributed by atoms with Crippen LogP contribution in [0.25, 0.3) is 0 Å². The van der Waals surface area contributed by atoms with Gasteiger partial charge < -0.3 is 40.3 Å². The van der Waals surface area contributed by atoms with E-state index in [-0.39, 0.29) is 88.6 Å². The van der Waals surface area contributed by atoms with E-state index in [4.69, 9.17) is 35.2 Å². The van der Waals surface area contributed by atoms with Crippen LogP contribution in [0.1, 0.15) is 113 Å². The Kier molecular flexibility index (Phi) is 22.5. The van der Waals surface area contributed by atoms with E-state index in [0.717, 1.165) is 11.1 Å². The lowest BCUT2D eigenvalue weighted by atomic mass is 9.75. The number of benzene rings is 7. The third kappa shape index (κ3) is 18.2. The van der Waals surface area contributed by atoms with E-state index in [2.05, 4.69) is 0 Å². The molecule has 2 aliphatic heterocycles. The number of alkyl halides is 12. The van der Waals surface area contributed by atoms with Crippen molar-refractivity contribution in [2.75, 3.05) is 39.5 Å². The number of aliphatic hydroxyl groups is 1. The molecule has 0 unspecified atom stereocenters. The van der Waals surface area contributed by atoms with Gasteiger partial charge in [-0.3, -0.25) is 9.80 Å². The number of piperidine rings is 2. The predicted molar refractivity (Wildman–Crippen MR) is 320 cm³/mol. The van der Waals surface area contributed by atoms with Crippen LogP contribution in [-0.2, 0) is 79.3 Å². The molecule has 498 valence electrons. The van der Waals surface area contributed by atoms with Gasteiger partial charge in [0.1, 0.15) is 13.2 Å². The molecule has 7 aromatic carbocycles. The molecule has 9 rings (SSSR count). The van der Waals surface area contributed by atoms with Crippen LogP contribution in [0.3, 0.4) is 0 Å². The monoisotopic (exact) mass is 1310 g/mol. The SMILES string of the molecule is C[C@@H](OC[C@@]1(c2ccccc2)CC[C@@](N)(CO)CN1C(=O)OCc1ccccc1)c1cc(C(F)(F)F)cc(C(F)(F)F)c1.C[C@@H](OC[C@@]1(c2ccccc2)CC[C@@](N)(COCc2ccccc2)CN1C(=O)OCc1ccccc1)c1cc(C(F)(F)F)cc(C(F)(F)F)c1. The maximum atomic E-state index is 14.1. The van der Waals surface area contributed by atoms with Crippen LogP contribution in [0.5, 0.6) is 0 Å². The zero-order valence-corrected chi connectivity index (χ0v) is 50.6. The number of carbonyl (C=O) groups excluding carboxylic acids is 2. The topological polar surface area (TPSA) is 159 Å². The number of hydrogen-bond donors (Lipinski definition) is 3. The number of aliphatic hydroxyl groups excluding tert-OH is 1. The molecule has 2 amide bonds. The summed E-state index contributed by atoms with van der Waals surface area (Å²) in [5, 5.41) is 10.0. The average Bonchev–Trinajstić information content (AvgIpc) is 0.757. The lowest BCUT2D eigenvalue weighted by Crippen LogP contribution is -2.66. The van der Waals surface area contributed by atoms with Crippen LogP contribution in [0.4, 0.5) is 62.3 Å². The molecule has 0 spiro atoms. The Morgan fingerprint density at radius 3 is 1.06 bits per heavy atom. The molecular weight excluding hydrogens is 1240 g/mol. The summed E-state index contributed by atoms with van der Waals surface area (Å²) in [5.74, 6) is 0. The summed E-state index contributed by atoms with van der Waals surface area (Å²) in [4.78, 5) is 30.5. The van der Waals surface area contributed by atoms with Crippen LogP contribution >= 0.6 is 0 Å². The van der Waals surface area contributed by atoms with Gasteiger partial charge in [-0.15, -0.1) is 0 Å². The van der Waals surface area contributed by atoms with E-state index in [1.165, 1.54) is 23.6 Å². The minimum absolute atomic E-state index is 0.0379. The number of ether oxygens (including phenoxy) is 5. The molecule has 5 N–H and O–H groups in total. The summed E-state index contributed by atoms with van der Waals surface area (Å²) in [6.45, 7) is 1.77. The zero-order chi connectivity index (χ0) is 67.5. The second kappa shape index (κ2) is 29.5. The minimum Gasteiger partial charge on any atom is -0.445 e. The van der Waals surface area contributed by atoms with Crippen molar-refractivity contribution in [2.24, 2.45) is 11.5 Å². The van der Waals surface area contributed by atoms with E-state index in [9.17, 15) is 67.4 Å². The molecule has 2 aliphatic rings. The van der Waals surface area contributed by atoms with Crippen LogP contribution < -0.4 is 11.5 Å². The highest BCUT2D eigenvalue weighted by atomic mass is 19.4. The summed E-state index contributed by atoms with van der Waals surface area (Å²) >= 11 is 0. The molecule has 0 aromatic heterocycles. The van der Waals surface area contributed by atoms with Gasteiger partial charge in [-0.25, -0.2) is 9.59 Å². The summed E-state index contributed by atoms with van der Waals surface area (Å²) in [5.41, 5.74) is 5.76. The first kappa shape index (κ1) is 70.9. The molecule has 2 saturated heterocycles. The Balaban J connectivity index is 0.000000242. The van der Waals surface area contributed by atoms with E-state index < -0.39 is 100 Å². The summed E-state index contributed by atoms with van der Waals surface area (Å²) in [6, 6.07) is 47.7. The molecule has 93 heavy (non-hydrogen) atoms. The Morgan fingerprint density at radius 2 is 0.742 bits per heavy atom. The van der Waals surface area contributed by atoms with Gasteiger partial charge >= 0.3 is 36.9 Å². The van der Waals surface area contributed by atoms with Gasteiger partial charge in [-0.1, -0.05) is 152 Å². The number of rotatable bonds is 19. The summed E-state index contributed by atoms with van der Waals surface area (Å²) in [7, 11) is 0. The third-order valence-corrected chi connectivity index (χ3v) is 16.6. The van der Waals surface area contributed by atoms with Crippen molar-refractivity contribution >= 4 is 12.2 Å². The Bertz CT molecular complexity index is 3490. The first-order valence-corrected chi connectivity index (χ1v) is 29.6. The number of hydrogen-bond acceptors (Lipinski definition) is 10. The number of nitrogens with zero attached hydrogens (tertiary/aromatic N) is 2. The quantitative estimate of drug-likeness (QED) is 0.0665. The highest BCUT2D eigenvalue weighted by molar-refractivity contribution is 5.71. The molecule has 0 saturated carbocycles. The first-order chi connectivity index (χ1) is 43.9. The van der Waals surface area contributed by atoms with Gasteiger partial charge in [0.2, 0.25) is 0 Å². The van der Waals surface area contributed by atoms with Crippen molar-refractivity contribution in [3.8, 4) is 0 Å². The average molecular weight is 1310 g/mol. The van der Waals surface area contributed by atoms with Gasteiger partial charge in [0.15, 0.2) is 0 Å². The van der Waals surface area contributed by atoms with E-state index >= 15 is 0 Å². The Hall–Kier alpha value is -8.00. The lowest BCUT2D eigenvalue weighted by Gasteiger charge is -2.52. The van der Waals surface area contributed by atoms with Gasteiger partial charge in [0.25, 0.3) is 0 Å². The van der Waals surface area contributed by atoms with Crippen molar-refractivity contribution in [3.05, 3.63) is 249 Å². The van der Waals surface area contributed by atoms with Crippen LogP contribution in [0, 0.1) is 0 Å². The maximum Gasteiger partial charge on any atom is 0.416 e. The fraction of sp³-hybridized carbons (Fsp3) is 0.362. The smallest absolute Gasteiger partial charge is 0.416 e. The minimum atomic E-state index is -5.02. The molecule has 7 aromatic rings. The second-order valence-electron chi connectivity index (χ2n) is 23.5. The number of carbonyl (C=O) groups is 2. The van der Waals surface area contributed by atoms with Crippen molar-refractivity contribution in [2.45, 2.75) is 118 Å². The second-order valence-corrected chi connectivity index (χ2v) is 23.5. The van der Waals surface area contributed by atoms with Crippen molar-refractivity contribution in [1.29, 1.82) is 0 Å². The molecular formula is C69H70F12N4O8. The lowest BCUT2D eigenvalue weighted by molar-refractivity contribution is -0.145. The normalized spacial score (nSPS) is 21.0. The first-order valence-electron chi connectivity index (χ1n) is 29.6. The van der Waals surface area contributed by atoms with Crippen LogP contribution in [0.2, 0.25) is 0 Å². The molecule has 0 radical (unpaired) electrons. The Morgan fingerprint density at radius 1 is 0.441 bits per heavy atom. The van der Waals surface area contributed by atoms with Gasteiger partial charge in [-0.2, -0.15) is 52.7 Å². The van der Waals surface area contributed by atoms with Gasteiger partial charge in [0, 0.05) is 13.1 Å². The molecule has 6 atom stereocenters. The fourth-order valence-corrected chi connectivity index (χ4v) is 11.2. The van der Waals surface area contributed by atoms with Crippen LogP contribution in [-0.4, -0.2) is 77.7 Å². The zero-order valence-electron chi connectivity index (χ0n) is 50.6. The van der Waals surface area contributed by atoms with Gasteiger partial charge in [-0.05, 0) is 115 Å². The Labute approximate surface area is 529 Å². The maximum absolute atomic E-state index is 14.1. The molecule has 0 aliphatic carbocycles. The standard InChI is InChI=1S/C38H38F6N2O4.C31H32F6N2O4/c1-27(30-19-32(37(39,40)41)21-33(20-30)38(42,43)44)50-26-36(31-15-9-4-10-16-31)18-17-35(45,25-48-22-28-11-5-2-6-12-28)24-46(36)34(47)49-23-29-13-7-3-8-14-29;1-21(23-14-25(30(32,33)34)16-26(15-23)31(35,36)37)43-20-29(24-10-6-3-7-11-24)13-12-28(38,19-40)18-39(29)27(41)42-17-22-8-4-2-5-9-22/h2-16,19-21,27H,17-18,22-26,45H2,1H3;2-11,14-16,21,40H,12-13,17-20,38H2,1H3/t27-,35+,36-;21-,28+,29-/m11/s1.